The van der Waals surface area contributed by atoms with Gasteiger partial charge in [-0.2, -0.15) is 0 Å². The molecular formula is C13H9ClN4O2S. The van der Waals surface area contributed by atoms with Crippen molar-refractivity contribution < 1.29 is 9.53 Å². The quantitative estimate of drug-likeness (QED) is 0.694. The number of benzene rings is 1. The molecule has 0 atom stereocenters. The summed E-state index contributed by atoms with van der Waals surface area (Å²) in [5.41, 5.74) is 1.50. The Balaban J connectivity index is 2.07. The highest BCUT2D eigenvalue weighted by Gasteiger charge is 2.20. The molecule has 0 amide bonds. The van der Waals surface area contributed by atoms with E-state index in [1.807, 2.05) is 30.3 Å². The average molecular weight is 321 g/mol. The van der Waals surface area contributed by atoms with Crippen LogP contribution in [0.1, 0.15) is 9.67 Å². The number of esters is 1. The first-order valence-corrected chi connectivity index (χ1v) is 7.11. The van der Waals surface area contributed by atoms with Crippen LogP contribution in [0.2, 0.25) is 5.15 Å². The Morgan fingerprint density at radius 2 is 2.10 bits per heavy atom. The zero-order chi connectivity index (χ0) is 14.8. The number of halogens is 1. The Labute approximate surface area is 129 Å². The number of hydrogen-bond acceptors (Lipinski definition) is 6. The number of hydrogen-bond donors (Lipinski definition) is 0. The Morgan fingerprint density at radius 3 is 2.81 bits per heavy atom. The molecule has 0 aliphatic carbocycles. The van der Waals surface area contributed by atoms with E-state index in [0.29, 0.717) is 10.7 Å². The topological polar surface area (TPSA) is 69.9 Å². The Bertz CT molecular complexity index is 785. The van der Waals surface area contributed by atoms with Crippen molar-refractivity contribution in [1.82, 2.24) is 20.0 Å². The van der Waals surface area contributed by atoms with Gasteiger partial charge in [-0.25, -0.2) is 14.5 Å². The number of para-hydroxylation sites is 1. The molecule has 0 spiro atoms. The highest BCUT2D eigenvalue weighted by molar-refractivity contribution is 7.17. The van der Waals surface area contributed by atoms with Crippen molar-refractivity contribution in [2.45, 2.75) is 0 Å². The highest BCUT2D eigenvalue weighted by Crippen LogP contribution is 2.31. The fraction of sp³-hybridized carbons (Fsp3) is 0.0769. The van der Waals surface area contributed by atoms with E-state index in [1.54, 1.807) is 10.9 Å². The Kier molecular flexibility index (Phi) is 3.68. The maximum Gasteiger partial charge on any atom is 0.351 e. The van der Waals surface area contributed by atoms with Gasteiger partial charge in [0.2, 0.25) is 0 Å². The van der Waals surface area contributed by atoms with Crippen LogP contribution in [0.25, 0.3) is 16.4 Å². The first kappa shape index (κ1) is 13.7. The van der Waals surface area contributed by atoms with Crippen molar-refractivity contribution in [3.63, 3.8) is 0 Å². The third-order valence-electron chi connectivity index (χ3n) is 2.73. The molecule has 0 N–H and O–H groups in total. The number of methoxy groups -OCH3 is 1. The number of carbonyl (C=O) groups excluding carboxylic acids is 1. The van der Waals surface area contributed by atoms with Gasteiger partial charge in [-0.1, -0.05) is 35.0 Å². The summed E-state index contributed by atoms with van der Waals surface area (Å²) in [6, 6.07) is 9.50. The number of thiazole rings is 1. The molecule has 2 aromatic heterocycles. The van der Waals surface area contributed by atoms with Crippen LogP contribution in [0.4, 0.5) is 0 Å². The molecule has 0 unspecified atom stereocenters. The van der Waals surface area contributed by atoms with Gasteiger partial charge in [-0.05, 0) is 12.1 Å². The van der Waals surface area contributed by atoms with E-state index < -0.39 is 5.97 Å². The maximum absolute atomic E-state index is 11.6. The molecule has 1 aromatic carbocycles. The second kappa shape index (κ2) is 5.63. The SMILES string of the molecule is COC(=O)c1sc(-c2cnnn2-c2ccccc2)nc1Cl. The maximum atomic E-state index is 11.6. The lowest BCUT2D eigenvalue weighted by atomic mass is 10.3. The molecule has 8 heteroatoms. The van der Waals surface area contributed by atoms with Gasteiger partial charge in [0.25, 0.3) is 0 Å². The largest absolute Gasteiger partial charge is 0.465 e. The Morgan fingerprint density at radius 1 is 1.33 bits per heavy atom. The van der Waals surface area contributed by atoms with Crippen molar-refractivity contribution >= 4 is 28.9 Å². The molecule has 0 aliphatic heterocycles. The monoisotopic (exact) mass is 320 g/mol. The van der Waals surface area contributed by atoms with Gasteiger partial charge in [-0.15, -0.1) is 16.4 Å². The number of nitrogens with zero attached hydrogens (tertiary/aromatic N) is 4. The first-order chi connectivity index (χ1) is 10.2. The minimum Gasteiger partial charge on any atom is -0.465 e. The van der Waals surface area contributed by atoms with Crippen molar-refractivity contribution in [2.24, 2.45) is 0 Å². The summed E-state index contributed by atoms with van der Waals surface area (Å²) in [5.74, 6) is -0.512. The van der Waals surface area contributed by atoms with Gasteiger partial charge < -0.3 is 4.74 Å². The summed E-state index contributed by atoms with van der Waals surface area (Å²) in [5, 5.41) is 8.60. The van der Waals surface area contributed by atoms with Crippen molar-refractivity contribution in [1.29, 1.82) is 0 Å². The van der Waals surface area contributed by atoms with Crippen LogP contribution in [-0.2, 0) is 4.74 Å². The Hall–Kier alpha value is -2.25. The van der Waals surface area contributed by atoms with Crippen molar-refractivity contribution in [2.75, 3.05) is 7.11 Å². The predicted octanol–water partition coefficient (Wildman–Crippen LogP) is 2.83. The van der Waals surface area contributed by atoms with Gasteiger partial charge in [-0.3, -0.25) is 0 Å². The fourth-order valence-electron chi connectivity index (χ4n) is 1.77. The van der Waals surface area contributed by atoms with E-state index >= 15 is 0 Å². The van der Waals surface area contributed by atoms with Gasteiger partial charge in [0.15, 0.2) is 10.0 Å². The van der Waals surface area contributed by atoms with Crippen LogP contribution < -0.4 is 0 Å². The number of carbonyl (C=O) groups is 1. The van der Waals surface area contributed by atoms with Crippen LogP contribution >= 0.6 is 22.9 Å². The van der Waals surface area contributed by atoms with E-state index in [9.17, 15) is 4.79 Å². The van der Waals surface area contributed by atoms with Crippen LogP contribution in [-0.4, -0.2) is 33.1 Å². The van der Waals surface area contributed by atoms with Crippen molar-refractivity contribution in [3.8, 4) is 16.4 Å². The van der Waals surface area contributed by atoms with E-state index in [4.69, 9.17) is 11.6 Å². The van der Waals surface area contributed by atoms with Gasteiger partial charge >= 0.3 is 5.97 Å². The van der Waals surface area contributed by atoms with Gasteiger partial charge in [0.1, 0.15) is 10.7 Å². The van der Waals surface area contributed by atoms with E-state index in [1.165, 1.54) is 7.11 Å². The van der Waals surface area contributed by atoms with Crippen molar-refractivity contribution in [3.05, 3.63) is 46.6 Å². The lowest BCUT2D eigenvalue weighted by Gasteiger charge is -2.02. The molecule has 3 rings (SSSR count). The molecule has 0 radical (unpaired) electrons. The minimum absolute atomic E-state index is 0.114. The van der Waals surface area contributed by atoms with E-state index in [-0.39, 0.29) is 10.0 Å². The lowest BCUT2D eigenvalue weighted by molar-refractivity contribution is 0.0606. The molecule has 21 heavy (non-hydrogen) atoms. The van der Waals surface area contributed by atoms with Crippen LogP contribution in [0.15, 0.2) is 36.5 Å². The summed E-state index contributed by atoms with van der Waals surface area (Å²) < 4.78 is 6.31. The molecule has 106 valence electrons. The molecule has 6 nitrogen and oxygen atoms in total. The van der Waals surface area contributed by atoms with Crippen LogP contribution in [0.3, 0.4) is 0 Å². The molecular weight excluding hydrogens is 312 g/mol. The molecule has 0 saturated carbocycles. The molecule has 0 aliphatic rings. The minimum atomic E-state index is -0.512. The van der Waals surface area contributed by atoms with Gasteiger partial charge in [0.05, 0.1) is 19.0 Å². The number of ether oxygens (including phenoxy) is 1. The second-order valence-corrected chi connectivity index (χ2v) is 5.35. The third kappa shape index (κ3) is 2.53. The summed E-state index contributed by atoms with van der Waals surface area (Å²) in [7, 11) is 1.30. The predicted molar refractivity (Wildman–Crippen MR) is 78.8 cm³/mol. The standard InChI is InChI=1S/C13H9ClN4O2S/c1-20-13(19)10-11(14)16-12(21-10)9-7-15-17-18(9)8-5-3-2-4-6-8/h2-7H,1H3. The molecule has 3 aromatic rings. The summed E-state index contributed by atoms with van der Waals surface area (Å²) in [6.07, 6.45) is 1.57. The number of aromatic nitrogens is 4. The average Bonchev–Trinajstić information content (AvgIpc) is 3.13. The summed E-state index contributed by atoms with van der Waals surface area (Å²) >= 11 is 7.12. The molecule has 0 saturated heterocycles. The molecule has 0 fully saturated rings. The van der Waals surface area contributed by atoms with E-state index in [0.717, 1.165) is 17.0 Å². The summed E-state index contributed by atoms with van der Waals surface area (Å²) in [4.78, 5) is 16.0. The normalized spacial score (nSPS) is 10.6. The third-order valence-corrected chi connectivity index (χ3v) is 4.17. The zero-order valence-corrected chi connectivity index (χ0v) is 12.4. The fourth-order valence-corrected chi connectivity index (χ4v) is 2.97. The second-order valence-electron chi connectivity index (χ2n) is 4.00. The van der Waals surface area contributed by atoms with Crippen LogP contribution in [0.5, 0.6) is 0 Å². The highest BCUT2D eigenvalue weighted by atomic mass is 35.5. The molecule has 0 bridgehead atoms. The molecule has 2 heterocycles. The van der Waals surface area contributed by atoms with E-state index in [2.05, 4.69) is 20.0 Å². The smallest absolute Gasteiger partial charge is 0.351 e. The number of rotatable bonds is 3. The van der Waals surface area contributed by atoms with Gasteiger partial charge in [0, 0.05) is 0 Å². The first-order valence-electron chi connectivity index (χ1n) is 5.92. The van der Waals surface area contributed by atoms with Crippen LogP contribution in [0, 0.1) is 0 Å². The zero-order valence-electron chi connectivity index (χ0n) is 10.9. The lowest BCUT2D eigenvalue weighted by Crippen LogP contribution is -1.98. The summed E-state index contributed by atoms with van der Waals surface area (Å²) in [6.45, 7) is 0.